The van der Waals surface area contributed by atoms with Crippen LogP contribution in [0.3, 0.4) is 0 Å². The largest absolute Gasteiger partial charge is 0.370 e. The Morgan fingerprint density at radius 2 is 2.05 bits per heavy atom. The van der Waals surface area contributed by atoms with Gasteiger partial charge in [-0.05, 0) is 26.2 Å². The fourth-order valence-electron chi connectivity index (χ4n) is 2.58. The highest BCUT2D eigenvalue weighted by Crippen LogP contribution is 2.43. The Kier molecular flexibility index (Phi) is 3.59. The molecule has 0 bridgehead atoms. The van der Waals surface area contributed by atoms with Gasteiger partial charge in [0.15, 0.2) is 5.78 Å². The molecule has 1 aliphatic rings. The first kappa shape index (κ1) is 13.9. The molecule has 2 aromatic rings. The first-order chi connectivity index (χ1) is 10.2. The van der Waals surface area contributed by atoms with Gasteiger partial charge >= 0.3 is 0 Å². The maximum Gasteiger partial charge on any atom is 0.237 e. The van der Waals surface area contributed by atoms with E-state index in [1.165, 1.54) is 0 Å². The quantitative estimate of drug-likeness (QED) is 0.790. The molecule has 1 saturated carbocycles. The second-order valence-corrected chi connectivity index (χ2v) is 5.46. The number of rotatable bonds is 5. The first-order valence-corrected chi connectivity index (χ1v) is 7.15. The molecule has 3 rings (SSSR count). The Bertz CT molecular complexity index is 626. The molecule has 0 aliphatic heterocycles. The summed E-state index contributed by atoms with van der Waals surface area (Å²) in [5, 5.41) is 4.02. The molecule has 1 heterocycles. The van der Waals surface area contributed by atoms with E-state index in [-0.39, 0.29) is 5.78 Å². The van der Waals surface area contributed by atoms with E-state index in [1.54, 1.807) is 26.2 Å². The summed E-state index contributed by atoms with van der Waals surface area (Å²) < 4.78 is 10.8. The fraction of sp³-hybridized carbons (Fsp3) is 0.438. The van der Waals surface area contributed by atoms with E-state index in [2.05, 4.69) is 10.1 Å². The van der Waals surface area contributed by atoms with Gasteiger partial charge in [0.25, 0.3) is 0 Å². The van der Waals surface area contributed by atoms with E-state index in [1.807, 2.05) is 18.2 Å². The molecule has 1 unspecified atom stereocenters. The molecular formula is C16H18N2O3. The fourth-order valence-corrected chi connectivity index (χ4v) is 2.58. The number of ketones is 1. The molecule has 0 radical (unpaired) electrons. The third-order valence-electron chi connectivity index (χ3n) is 4.22. The Balaban J connectivity index is 1.81. The zero-order valence-corrected chi connectivity index (χ0v) is 12.2. The zero-order chi connectivity index (χ0) is 14.9. The lowest BCUT2D eigenvalue weighted by Crippen LogP contribution is -2.37. The SMILES string of the molecule is COC1(c2noc(C(C)C(=O)c3ccccc3)n2)CCC1. The van der Waals surface area contributed by atoms with Crippen LogP contribution in [-0.2, 0) is 10.3 Å². The Hall–Kier alpha value is -2.01. The van der Waals surface area contributed by atoms with Gasteiger partial charge in [-0.1, -0.05) is 35.5 Å². The predicted molar refractivity (Wildman–Crippen MR) is 76.0 cm³/mol. The second-order valence-electron chi connectivity index (χ2n) is 5.46. The average Bonchev–Trinajstić information content (AvgIpc) is 2.96. The van der Waals surface area contributed by atoms with Crippen LogP contribution in [0.15, 0.2) is 34.9 Å². The molecule has 1 fully saturated rings. The van der Waals surface area contributed by atoms with E-state index in [0.29, 0.717) is 17.3 Å². The minimum atomic E-state index is -0.456. The molecule has 110 valence electrons. The number of benzene rings is 1. The normalized spacial score (nSPS) is 18.0. The van der Waals surface area contributed by atoms with Crippen LogP contribution >= 0.6 is 0 Å². The van der Waals surface area contributed by atoms with Crippen molar-refractivity contribution in [3.63, 3.8) is 0 Å². The third kappa shape index (κ3) is 2.38. The number of carbonyl (C=O) groups excluding carboxylic acids is 1. The molecular weight excluding hydrogens is 268 g/mol. The Morgan fingerprint density at radius 3 is 2.62 bits per heavy atom. The van der Waals surface area contributed by atoms with Crippen molar-refractivity contribution in [1.82, 2.24) is 10.1 Å². The molecule has 21 heavy (non-hydrogen) atoms. The summed E-state index contributed by atoms with van der Waals surface area (Å²) in [6.07, 6.45) is 2.88. The lowest BCUT2D eigenvalue weighted by atomic mass is 9.79. The number of hydrogen-bond donors (Lipinski definition) is 0. The summed E-state index contributed by atoms with van der Waals surface area (Å²) in [5.41, 5.74) is 0.229. The van der Waals surface area contributed by atoms with Gasteiger partial charge in [0.1, 0.15) is 5.60 Å². The topological polar surface area (TPSA) is 65.2 Å². The van der Waals surface area contributed by atoms with Crippen LogP contribution in [0.25, 0.3) is 0 Å². The van der Waals surface area contributed by atoms with Crippen molar-refractivity contribution >= 4 is 5.78 Å². The standard InChI is InChI=1S/C16H18N2O3/c1-11(13(19)12-7-4-3-5-8-12)14-17-15(18-21-14)16(20-2)9-6-10-16/h3-5,7-8,11H,6,9-10H2,1-2H3. The van der Waals surface area contributed by atoms with Crippen molar-refractivity contribution in [2.24, 2.45) is 0 Å². The van der Waals surface area contributed by atoms with Crippen LogP contribution in [-0.4, -0.2) is 23.0 Å². The van der Waals surface area contributed by atoms with E-state index in [9.17, 15) is 4.79 Å². The summed E-state index contributed by atoms with van der Waals surface area (Å²) in [6, 6.07) is 9.14. The van der Waals surface area contributed by atoms with Gasteiger partial charge < -0.3 is 9.26 Å². The number of Topliss-reactive ketones (excluding diaryl/α,β-unsaturated/α-hetero) is 1. The summed E-state index contributed by atoms with van der Waals surface area (Å²) in [5.74, 6) is 0.426. The van der Waals surface area contributed by atoms with Crippen LogP contribution in [0.4, 0.5) is 0 Å². The summed E-state index contributed by atoms with van der Waals surface area (Å²) in [6.45, 7) is 1.78. The zero-order valence-electron chi connectivity index (χ0n) is 12.2. The van der Waals surface area contributed by atoms with Crippen molar-refractivity contribution in [2.75, 3.05) is 7.11 Å². The molecule has 1 aromatic heterocycles. The summed E-state index contributed by atoms with van der Waals surface area (Å²) in [4.78, 5) is 16.8. The molecule has 0 spiro atoms. The Labute approximate surface area is 123 Å². The molecule has 5 nitrogen and oxygen atoms in total. The highest BCUT2D eigenvalue weighted by atomic mass is 16.5. The maximum absolute atomic E-state index is 12.4. The van der Waals surface area contributed by atoms with Gasteiger partial charge in [-0.25, -0.2) is 0 Å². The van der Waals surface area contributed by atoms with Crippen LogP contribution in [0, 0.1) is 0 Å². The minimum Gasteiger partial charge on any atom is -0.370 e. The second kappa shape index (κ2) is 5.41. The van der Waals surface area contributed by atoms with Gasteiger partial charge in [0.05, 0.1) is 5.92 Å². The molecule has 1 atom stereocenters. The van der Waals surface area contributed by atoms with E-state index in [0.717, 1.165) is 19.3 Å². The van der Waals surface area contributed by atoms with Gasteiger partial charge in [-0.2, -0.15) is 4.98 Å². The number of aromatic nitrogens is 2. The van der Waals surface area contributed by atoms with Crippen molar-refractivity contribution < 1.29 is 14.1 Å². The smallest absolute Gasteiger partial charge is 0.237 e. The molecule has 1 aromatic carbocycles. The van der Waals surface area contributed by atoms with Crippen LogP contribution in [0.2, 0.25) is 0 Å². The van der Waals surface area contributed by atoms with Crippen molar-refractivity contribution in [1.29, 1.82) is 0 Å². The van der Waals surface area contributed by atoms with Gasteiger partial charge in [0, 0.05) is 12.7 Å². The number of nitrogens with zero attached hydrogens (tertiary/aromatic N) is 2. The van der Waals surface area contributed by atoms with Gasteiger partial charge in [-0.3, -0.25) is 4.79 Å². The predicted octanol–water partition coefficient (Wildman–Crippen LogP) is 3.08. The van der Waals surface area contributed by atoms with E-state index < -0.39 is 11.5 Å². The lowest BCUT2D eigenvalue weighted by molar-refractivity contribution is -0.0858. The molecule has 0 saturated heterocycles. The number of hydrogen-bond acceptors (Lipinski definition) is 5. The van der Waals surface area contributed by atoms with E-state index in [4.69, 9.17) is 9.26 Å². The molecule has 0 amide bonds. The van der Waals surface area contributed by atoms with Crippen molar-refractivity contribution in [3.05, 3.63) is 47.6 Å². The van der Waals surface area contributed by atoms with Gasteiger partial charge in [-0.15, -0.1) is 0 Å². The Morgan fingerprint density at radius 1 is 1.33 bits per heavy atom. The third-order valence-corrected chi connectivity index (χ3v) is 4.22. The van der Waals surface area contributed by atoms with E-state index >= 15 is 0 Å². The lowest BCUT2D eigenvalue weighted by Gasteiger charge is -2.37. The molecule has 0 N–H and O–H groups in total. The number of carbonyl (C=O) groups is 1. The monoisotopic (exact) mass is 286 g/mol. The molecule has 1 aliphatic carbocycles. The van der Waals surface area contributed by atoms with Crippen LogP contribution in [0.5, 0.6) is 0 Å². The van der Waals surface area contributed by atoms with Crippen LogP contribution < -0.4 is 0 Å². The first-order valence-electron chi connectivity index (χ1n) is 7.15. The number of methoxy groups -OCH3 is 1. The maximum atomic E-state index is 12.4. The molecule has 5 heteroatoms. The van der Waals surface area contributed by atoms with Crippen molar-refractivity contribution in [3.8, 4) is 0 Å². The summed E-state index contributed by atoms with van der Waals surface area (Å²) >= 11 is 0. The van der Waals surface area contributed by atoms with Crippen LogP contribution in [0.1, 0.15) is 54.2 Å². The highest BCUT2D eigenvalue weighted by molar-refractivity contribution is 6.00. The minimum absolute atomic E-state index is 0.0223. The summed E-state index contributed by atoms with van der Waals surface area (Å²) in [7, 11) is 1.66. The highest BCUT2D eigenvalue weighted by Gasteiger charge is 2.43. The van der Waals surface area contributed by atoms with Crippen molar-refractivity contribution in [2.45, 2.75) is 37.7 Å². The number of ether oxygens (including phenoxy) is 1. The van der Waals surface area contributed by atoms with Gasteiger partial charge in [0.2, 0.25) is 11.7 Å². The average molecular weight is 286 g/mol.